The van der Waals surface area contributed by atoms with E-state index in [9.17, 15) is 0 Å². The van der Waals surface area contributed by atoms with Crippen molar-refractivity contribution in [2.45, 2.75) is 70.0 Å². The maximum absolute atomic E-state index is 5.98. The highest BCUT2D eigenvalue weighted by atomic mass is 15.1. The molecule has 0 rings (SSSR count). The third kappa shape index (κ3) is 6.66. The molecule has 0 aromatic rings. The molecule has 114 valence electrons. The van der Waals surface area contributed by atoms with E-state index in [4.69, 9.17) is 34.4 Å². The molecular formula is C13H32N6. The Kier molecular flexibility index (Phi) is 8.54. The third-order valence-corrected chi connectivity index (χ3v) is 3.51. The second-order valence-corrected chi connectivity index (χ2v) is 5.32. The first kappa shape index (κ1) is 18.0. The molecule has 0 aliphatic heterocycles. The van der Waals surface area contributed by atoms with Gasteiger partial charge in [-0.3, -0.25) is 0 Å². The SMILES string of the molecule is CCCCCCCCCC(N)C(N)(N)C(N)=C(N)N. The first-order valence-corrected chi connectivity index (χ1v) is 7.18. The van der Waals surface area contributed by atoms with Gasteiger partial charge in [0.05, 0.1) is 5.70 Å². The molecule has 19 heavy (non-hydrogen) atoms. The van der Waals surface area contributed by atoms with Crippen molar-refractivity contribution in [3.63, 3.8) is 0 Å². The van der Waals surface area contributed by atoms with Gasteiger partial charge in [-0.2, -0.15) is 0 Å². The lowest BCUT2D eigenvalue weighted by atomic mass is 9.93. The summed E-state index contributed by atoms with van der Waals surface area (Å²) in [6.45, 7) is 2.21. The molecule has 0 heterocycles. The van der Waals surface area contributed by atoms with E-state index < -0.39 is 11.7 Å². The van der Waals surface area contributed by atoms with Crippen LogP contribution in [0, 0.1) is 0 Å². The van der Waals surface area contributed by atoms with Gasteiger partial charge in [0.25, 0.3) is 0 Å². The zero-order valence-corrected chi connectivity index (χ0v) is 12.2. The minimum Gasteiger partial charge on any atom is -0.396 e. The molecule has 0 radical (unpaired) electrons. The smallest absolute Gasteiger partial charge is 0.124 e. The maximum atomic E-state index is 5.98. The fraction of sp³-hybridized carbons (Fsp3) is 0.846. The van der Waals surface area contributed by atoms with Gasteiger partial charge in [0, 0.05) is 6.04 Å². The number of unbranched alkanes of at least 4 members (excludes halogenated alkanes) is 6. The summed E-state index contributed by atoms with van der Waals surface area (Å²) < 4.78 is 0. The predicted octanol–water partition coefficient (Wildman–Crippen LogP) is 0.113. The van der Waals surface area contributed by atoms with E-state index in [0.29, 0.717) is 0 Å². The zero-order chi connectivity index (χ0) is 14.9. The Morgan fingerprint density at radius 3 is 1.84 bits per heavy atom. The van der Waals surface area contributed by atoms with Gasteiger partial charge in [-0.05, 0) is 6.42 Å². The second-order valence-electron chi connectivity index (χ2n) is 5.32. The normalized spacial score (nSPS) is 13.3. The van der Waals surface area contributed by atoms with Crippen LogP contribution in [0.3, 0.4) is 0 Å². The van der Waals surface area contributed by atoms with Crippen molar-refractivity contribution in [1.29, 1.82) is 0 Å². The molecule has 1 atom stereocenters. The minimum atomic E-state index is -1.33. The molecule has 0 fully saturated rings. The van der Waals surface area contributed by atoms with E-state index in [-0.39, 0.29) is 11.5 Å². The number of rotatable bonds is 10. The minimum absolute atomic E-state index is 0.0555. The molecule has 0 bridgehead atoms. The van der Waals surface area contributed by atoms with Crippen LogP contribution in [-0.4, -0.2) is 11.7 Å². The fourth-order valence-corrected chi connectivity index (χ4v) is 2.01. The predicted molar refractivity (Wildman–Crippen MR) is 81.3 cm³/mol. The van der Waals surface area contributed by atoms with E-state index >= 15 is 0 Å². The molecule has 0 aliphatic rings. The van der Waals surface area contributed by atoms with E-state index in [2.05, 4.69) is 6.92 Å². The Balaban J connectivity index is 3.92. The maximum Gasteiger partial charge on any atom is 0.124 e. The summed E-state index contributed by atoms with van der Waals surface area (Å²) in [5, 5.41) is 0. The molecule has 0 amide bonds. The lowest BCUT2D eigenvalue weighted by Crippen LogP contribution is -2.66. The van der Waals surface area contributed by atoms with Gasteiger partial charge in [0.1, 0.15) is 11.5 Å². The van der Waals surface area contributed by atoms with E-state index in [1.807, 2.05) is 0 Å². The number of hydrogen-bond donors (Lipinski definition) is 6. The highest BCUT2D eigenvalue weighted by Gasteiger charge is 2.31. The summed E-state index contributed by atoms with van der Waals surface area (Å²) in [6, 6.07) is -0.440. The average Bonchev–Trinajstić information content (AvgIpc) is 2.36. The van der Waals surface area contributed by atoms with Crippen molar-refractivity contribution in [3.05, 3.63) is 11.5 Å². The first-order chi connectivity index (χ1) is 8.84. The standard InChI is InChI=1S/C13H32N6/c1-2-3-4-5-6-7-8-9-10(14)13(18,19)11(15)12(16)17/h10H,2-9,14-19H2,1H3. The van der Waals surface area contributed by atoms with Gasteiger partial charge in [-0.25, -0.2) is 0 Å². The zero-order valence-electron chi connectivity index (χ0n) is 12.2. The van der Waals surface area contributed by atoms with Crippen LogP contribution in [-0.2, 0) is 0 Å². The Bertz CT molecular complexity index is 270. The van der Waals surface area contributed by atoms with Crippen molar-refractivity contribution in [1.82, 2.24) is 0 Å². The molecule has 0 aromatic carbocycles. The summed E-state index contributed by atoms with van der Waals surface area (Å²) >= 11 is 0. The van der Waals surface area contributed by atoms with Crippen LogP contribution in [0.4, 0.5) is 0 Å². The number of nitrogens with two attached hydrogens (primary N) is 6. The molecule has 1 unspecified atom stereocenters. The van der Waals surface area contributed by atoms with Crippen LogP contribution in [0.25, 0.3) is 0 Å². The average molecular weight is 272 g/mol. The Hall–Kier alpha value is -0.980. The van der Waals surface area contributed by atoms with E-state index in [1.54, 1.807) is 0 Å². The highest BCUT2D eigenvalue weighted by Crippen LogP contribution is 2.14. The second kappa shape index (κ2) is 9.01. The quantitative estimate of drug-likeness (QED) is 0.245. The lowest BCUT2D eigenvalue weighted by molar-refractivity contribution is 0.372. The number of hydrogen-bond acceptors (Lipinski definition) is 6. The van der Waals surface area contributed by atoms with Crippen LogP contribution >= 0.6 is 0 Å². The highest BCUT2D eigenvalue weighted by molar-refractivity contribution is 5.20. The van der Waals surface area contributed by atoms with Crippen molar-refractivity contribution in [3.8, 4) is 0 Å². The van der Waals surface area contributed by atoms with Gasteiger partial charge in [0.15, 0.2) is 0 Å². The van der Waals surface area contributed by atoms with Crippen molar-refractivity contribution in [2.24, 2.45) is 34.4 Å². The van der Waals surface area contributed by atoms with Crippen LogP contribution in [0.15, 0.2) is 11.5 Å². The van der Waals surface area contributed by atoms with Gasteiger partial charge in [-0.1, -0.05) is 51.9 Å². The molecule has 0 saturated carbocycles. The first-order valence-electron chi connectivity index (χ1n) is 7.18. The van der Waals surface area contributed by atoms with Gasteiger partial charge in [0.2, 0.25) is 0 Å². The topological polar surface area (TPSA) is 156 Å². The fourth-order valence-electron chi connectivity index (χ4n) is 2.01. The molecule has 12 N–H and O–H groups in total. The van der Waals surface area contributed by atoms with Crippen LogP contribution in [0.1, 0.15) is 58.3 Å². The van der Waals surface area contributed by atoms with Crippen molar-refractivity contribution < 1.29 is 0 Å². The third-order valence-electron chi connectivity index (χ3n) is 3.51. The molecule has 0 aromatic heterocycles. The Morgan fingerprint density at radius 2 is 1.37 bits per heavy atom. The largest absolute Gasteiger partial charge is 0.396 e. The molecule has 0 aliphatic carbocycles. The molecule has 0 saturated heterocycles. The Labute approximate surface area is 116 Å². The van der Waals surface area contributed by atoms with E-state index in [0.717, 1.165) is 19.3 Å². The van der Waals surface area contributed by atoms with Gasteiger partial charge < -0.3 is 34.4 Å². The molecule has 6 nitrogen and oxygen atoms in total. The van der Waals surface area contributed by atoms with Crippen molar-refractivity contribution >= 4 is 0 Å². The summed E-state index contributed by atoms with van der Waals surface area (Å²) in [7, 11) is 0. The van der Waals surface area contributed by atoms with Gasteiger partial charge in [-0.15, -0.1) is 0 Å². The molecule has 6 heteroatoms. The summed E-state index contributed by atoms with van der Waals surface area (Å²) in [6.07, 6.45) is 9.21. The Morgan fingerprint density at radius 1 is 0.895 bits per heavy atom. The van der Waals surface area contributed by atoms with Crippen LogP contribution < -0.4 is 34.4 Å². The lowest BCUT2D eigenvalue weighted by Gasteiger charge is -2.32. The molecule has 0 spiro atoms. The monoisotopic (exact) mass is 272 g/mol. The molecular weight excluding hydrogens is 240 g/mol. The van der Waals surface area contributed by atoms with Crippen LogP contribution in [0.5, 0.6) is 0 Å². The summed E-state index contributed by atoms with van der Waals surface area (Å²) in [5.41, 5.74) is 33.0. The summed E-state index contributed by atoms with van der Waals surface area (Å²) in [5.74, 6) is -0.0555. The van der Waals surface area contributed by atoms with Crippen molar-refractivity contribution in [2.75, 3.05) is 0 Å². The van der Waals surface area contributed by atoms with Crippen LogP contribution in [0.2, 0.25) is 0 Å². The summed E-state index contributed by atoms with van der Waals surface area (Å²) in [4.78, 5) is 0. The van der Waals surface area contributed by atoms with Gasteiger partial charge >= 0.3 is 0 Å². The van der Waals surface area contributed by atoms with E-state index in [1.165, 1.54) is 32.1 Å².